The zero-order valence-corrected chi connectivity index (χ0v) is 18.6. The highest BCUT2D eigenvalue weighted by Crippen LogP contribution is 2.20. The average molecular weight is 467 g/mol. The maximum atomic E-state index is 12.5. The Morgan fingerprint density at radius 1 is 0.900 bits per heavy atom. The summed E-state index contributed by atoms with van der Waals surface area (Å²) in [5.41, 5.74) is 4.15. The summed E-state index contributed by atoms with van der Waals surface area (Å²) >= 11 is 3.36. The molecule has 2 N–H and O–H groups in total. The Labute approximate surface area is 184 Å². The summed E-state index contributed by atoms with van der Waals surface area (Å²) in [4.78, 5) is 24.9. The van der Waals surface area contributed by atoms with Gasteiger partial charge in [-0.25, -0.2) is 0 Å². The zero-order valence-electron chi connectivity index (χ0n) is 17.0. The SMILES string of the molecule is Cc1cccc(NC(=O)c2ccc(O[C@@H](C)C(=O)Nc3ccc(Br)cc3)cc2)c1C. The fourth-order valence-electron chi connectivity index (χ4n) is 2.80. The number of amides is 2. The van der Waals surface area contributed by atoms with Crippen LogP contribution in [0.4, 0.5) is 11.4 Å². The first kappa shape index (κ1) is 21.6. The maximum Gasteiger partial charge on any atom is 0.265 e. The molecule has 0 bridgehead atoms. The molecule has 3 rings (SSSR count). The number of rotatable bonds is 6. The van der Waals surface area contributed by atoms with Crippen LogP contribution in [0.2, 0.25) is 0 Å². The van der Waals surface area contributed by atoms with E-state index in [1.807, 2.05) is 44.2 Å². The molecular weight excluding hydrogens is 444 g/mol. The molecule has 30 heavy (non-hydrogen) atoms. The van der Waals surface area contributed by atoms with E-state index in [0.29, 0.717) is 17.0 Å². The van der Waals surface area contributed by atoms with Crippen LogP contribution in [0, 0.1) is 13.8 Å². The molecule has 154 valence electrons. The number of anilines is 2. The van der Waals surface area contributed by atoms with Gasteiger partial charge < -0.3 is 15.4 Å². The molecular formula is C24H23BrN2O3. The van der Waals surface area contributed by atoms with Gasteiger partial charge in [0.05, 0.1) is 0 Å². The van der Waals surface area contributed by atoms with Gasteiger partial charge in [-0.1, -0.05) is 28.1 Å². The standard InChI is InChI=1S/C24H23BrN2O3/c1-15-5-4-6-22(16(15)2)27-24(29)18-7-13-21(14-8-18)30-17(3)23(28)26-20-11-9-19(25)10-12-20/h4-14,17H,1-3H3,(H,26,28)(H,27,29)/t17-/m0/s1. The summed E-state index contributed by atoms with van der Waals surface area (Å²) in [6.45, 7) is 5.66. The minimum Gasteiger partial charge on any atom is -0.481 e. The molecule has 0 spiro atoms. The first-order valence-corrected chi connectivity index (χ1v) is 10.3. The lowest BCUT2D eigenvalue weighted by Crippen LogP contribution is -2.30. The fourth-order valence-corrected chi connectivity index (χ4v) is 3.06. The van der Waals surface area contributed by atoms with E-state index in [0.717, 1.165) is 21.3 Å². The van der Waals surface area contributed by atoms with Crippen molar-refractivity contribution in [2.45, 2.75) is 26.9 Å². The van der Waals surface area contributed by atoms with Crippen molar-refractivity contribution in [3.05, 3.63) is 87.9 Å². The van der Waals surface area contributed by atoms with Gasteiger partial charge in [-0.05, 0) is 86.5 Å². The van der Waals surface area contributed by atoms with Crippen molar-refractivity contribution in [2.24, 2.45) is 0 Å². The van der Waals surface area contributed by atoms with Gasteiger partial charge in [0.1, 0.15) is 5.75 Å². The van der Waals surface area contributed by atoms with Crippen LogP contribution >= 0.6 is 15.9 Å². The molecule has 6 heteroatoms. The number of carbonyl (C=O) groups excluding carboxylic acids is 2. The highest BCUT2D eigenvalue weighted by atomic mass is 79.9. The van der Waals surface area contributed by atoms with Gasteiger partial charge >= 0.3 is 0 Å². The summed E-state index contributed by atoms with van der Waals surface area (Å²) in [5.74, 6) is 0.0575. The van der Waals surface area contributed by atoms with E-state index in [9.17, 15) is 9.59 Å². The van der Waals surface area contributed by atoms with E-state index < -0.39 is 6.10 Å². The molecule has 0 aliphatic carbocycles. The number of ether oxygens (including phenoxy) is 1. The minimum absolute atomic E-state index is 0.198. The first-order chi connectivity index (χ1) is 14.3. The summed E-state index contributed by atoms with van der Waals surface area (Å²) < 4.78 is 6.64. The Bertz CT molecular complexity index is 1050. The Balaban J connectivity index is 1.59. The third kappa shape index (κ3) is 5.48. The van der Waals surface area contributed by atoms with Crippen LogP contribution in [-0.4, -0.2) is 17.9 Å². The molecule has 0 radical (unpaired) electrons. The molecule has 0 aliphatic rings. The first-order valence-electron chi connectivity index (χ1n) is 9.54. The summed E-state index contributed by atoms with van der Waals surface area (Å²) in [5, 5.41) is 5.74. The van der Waals surface area contributed by atoms with Crippen molar-refractivity contribution in [3.8, 4) is 5.75 Å². The molecule has 3 aromatic carbocycles. The molecule has 0 heterocycles. The third-order valence-electron chi connectivity index (χ3n) is 4.76. The number of carbonyl (C=O) groups is 2. The summed E-state index contributed by atoms with van der Waals surface area (Å²) in [6, 6.07) is 19.8. The molecule has 0 fully saturated rings. The van der Waals surface area contributed by atoms with Gasteiger partial charge in [-0.2, -0.15) is 0 Å². The maximum absolute atomic E-state index is 12.5. The molecule has 1 atom stereocenters. The predicted octanol–water partition coefficient (Wildman–Crippen LogP) is 5.72. The van der Waals surface area contributed by atoms with Crippen LogP contribution in [-0.2, 0) is 4.79 Å². The molecule has 0 saturated carbocycles. The van der Waals surface area contributed by atoms with Crippen molar-refractivity contribution in [1.82, 2.24) is 0 Å². The largest absolute Gasteiger partial charge is 0.481 e. The topological polar surface area (TPSA) is 67.4 Å². The molecule has 0 aromatic heterocycles. The highest BCUT2D eigenvalue weighted by molar-refractivity contribution is 9.10. The molecule has 3 aromatic rings. The molecule has 0 saturated heterocycles. The average Bonchev–Trinajstić information content (AvgIpc) is 2.73. The van der Waals surface area contributed by atoms with Gasteiger partial charge in [0.25, 0.3) is 11.8 Å². The minimum atomic E-state index is -0.691. The fraction of sp³-hybridized carbons (Fsp3) is 0.167. The number of hydrogen-bond acceptors (Lipinski definition) is 3. The monoisotopic (exact) mass is 466 g/mol. The molecule has 2 amide bonds. The van der Waals surface area contributed by atoms with Crippen LogP contribution in [0.25, 0.3) is 0 Å². The Morgan fingerprint density at radius 2 is 1.57 bits per heavy atom. The van der Waals surface area contributed by atoms with Gasteiger partial charge in [-0.3, -0.25) is 9.59 Å². The van der Waals surface area contributed by atoms with Crippen LogP contribution in [0.1, 0.15) is 28.4 Å². The lowest BCUT2D eigenvalue weighted by molar-refractivity contribution is -0.122. The van der Waals surface area contributed by atoms with Crippen LogP contribution in [0.5, 0.6) is 5.75 Å². The second kappa shape index (κ2) is 9.59. The van der Waals surface area contributed by atoms with Crippen LogP contribution in [0.3, 0.4) is 0 Å². The quantitative estimate of drug-likeness (QED) is 0.487. The van der Waals surface area contributed by atoms with Crippen LogP contribution < -0.4 is 15.4 Å². The van der Waals surface area contributed by atoms with E-state index in [1.165, 1.54) is 0 Å². The molecule has 0 unspecified atom stereocenters. The summed E-state index contributed by atoms with van der Waals surface area (Å²) in [6.07, 6.45) is -0.691. The van der Waals surface area contributed by atoms with Crippen LogP contribution in [0.15, 0.2) is 71.2 Å². The van der Waals surface area contributed by atoms with Crippen molar-refractivity contribution >= 4 is 39.1 Å². The van der Waals surface area contributed by atoms with Gasteiger partial charge in [0.2, 0.25) is 0 Å². The molecule has 5 nitrogen and oxygen atoms in total. The number of nitrogens with one attached hydrogen (secondary N) is 2. The number of aryl methyl sites for hydroxylation is 1. The second-order valence-corrected chi connectivity index (χ2v) is 7.90. The van der Waals surface area contributed by atoms with E-state index in [-0.39, 0.29) is 11.8 Å². The van der Waals surface area contributed by atoms with E-state index in [2.05, 4.69) is 26.6 Å². The lowest BCUT2D eigenvalue weighted by atomic mass is 10.1. The number of benzene rings is 3. The predicted molar refractivity (Wildman–Crippen MR) is 123 cm³/mol. The smallest absolute Gasteiger partial charge is 0.265 e. The van der Waals surface area contributed by atoms with E-state index in [4.69, 9.17) is 4.74 Å². The Kier molecular flexibility index (Phi) is 6.90. The Morgan fingerprint density at radius 3 is 2.23 bits per heavy atom. The van der Waals surface area contributed by atoms with Crippen molar-refractivity contribution in [3.63, 3.8) is 0 Å². The second-order valence-electron chi connectivity index (χ2n) is 6.98. The lowest BCUT2D eigenvalue weighted by Gasteiger charge is -2.15. The summed E-state index contributed by atoms with van der Waals surface area (Å²) in [7, 11) is 0. The highest BCUT2D eigenvalue weighted by Gasteiger charge is 2.15. The van der Waals surface area contributed by atoms with Crippen molar-refractivity contribution in [2.75, 3.05) is 10.6 Å². The van der Waals surface area contributed by atoms with E-state index in [1.54, 1.807) is 43.3 Å². The number of halogens is 1. The molecule has 0 aliphatic heterocycles. The van der Waals surface area contributed by atoms with Gasteiger partial charge in [-0.15, -0.1) is 0 Å². The van der Waals surface area contributed by atoms with Gasteiger partial charge in [0.15, 0.2) is 6.10 Å². The Hall–Kier alpha value is -3.12. The number of hydrogen-bond donors (Lipinski definition) is 2. The van der Waals surface area contributed by atoms with E-state index >= 15 is 0 Å². The normalized spacial score (nSPS) is 11.5. The third-order valence-corrected chi connectivity index (χ3v) is 5.29. The van der Waals surface area contributed by atoms with Crippen molar-refractivity contribution in [1.29, 1.82) is 0 Å². The van der Waals surface area contributed by atoms with Gasteiger partial charge in [0, 0.05) is 21.4 Å². The van der Waals surface area contributed by atoms with Crippen molar-refractivity contribution < 1.29 is 14.3 Å². The zero-order chi connectivity index (χ0) is 21.7.